The van der Waals surface area contributed by atoms with Crippen molar-refractivity contribution in [2.45, 2.75) is 13.0 Å². The van der Waals surface area contributed by atoms with Gasteiger partial charge in [0.1, 0.15) is 0 Å². The van der Waals surface area contributed by atoms with Crippen LogP contribution >= 0.6 is 0 Å². The number of rotatable bonds is 2. The van der Waals surface area contributed by atoms with Gasteiger partial charge in [0, 0.05) is 26.2 Å². The van der Waals surface area contributed by atoms with E-state index in [4.69, 9.17) is 0 Å². The minimum absolute atomic E-state index is 0.497. The topological polar surface area (TPSA) is 52.7 Å². The predicted octanol–water partition coefficient (Wildman–Crippen LogP) is 0.441. The summed E-state index contributed by atoms with van der Waals surface area (Å²) in [5, 5.41) is 3.35. The van der Waals surface area contributed by atoms with Crippen LogP contribution in [0.15, 0.2) is 24.3 Å². The lowest BCUT2D eigenvalue weighted by Crippen LogP contribution is -2.45. The summed E-state index contributed by atoms with van der Waals surface area (Å²) < 4.78 is 29.1. The van der Waals surface area contributed by atoms with Crippen LogP contribution in [0.5, 0.6) is 0 Å². The lowest BCUT2D eigenvalue weighted by atomic mass is 10.0. The van der Waals surface area contributed by atoms with Crippen molar-refractivity contribution in [2.75, 3.05) is 32.7 Å². The molecule has 0 bridgehead atoms. The maximum absolute atomic E-state index is 12.9. The maximum atomic E-state index is 12.9. The summed E-state index contributed by atoms with van der Waals surface area (Å²) in [6, 6.07) is 8.16. The van der Waals surface area contributed by atoms with E-state index in [9.17, 15) is 8.42 Å². The number of nitrogens with zero attached hydrogens (tertiary/aromatic N) is 2. The summed E-state index contributed by atoms with van der Waals surface area (Å²) in [5.41, 5.74) is 2.43. The van der Waals surface area contributed by atoms with Crippen molar-refractivity contribution in [3.63, 3.8) is 0 Å². The Kier molecular flexibility index (Phi) is 3.29. The molecule has 0 spiro atoms. The maximum Gasteiger partial charge on any atom is 0.282 e. The van der Waals surface area contributed by atoms with Crippen LogP contribution in [-0.4, -0.2) is 49.8 Å². The molecule has 0 saturated carbocycles. The fourth-order valence-electron chi connectivity index (χ4n) is 3.83. The molecule has 21 heavy (non-hydrogen) atoms. The fraction of sp³-hybridized carbons (Fsp3) is 0.600. The number of nitrogens with one attached hydrogen (secondary N) is 1. The van der Waals surface area contributed by atoms with Gasteiger partial charge in [0.05, 0.1) is 0 Å². The zero-order valence-corrected chi connectivity index (χ0v) is 12.8. The van der Waals surface area contributed by atoms with Crippen molar-refractivity contribution < 1.29 is 8.42 Å². The third-order valence-corrected chi connectivity index (χ3v) is 7.02. The standard InChI is InChI=1S/C15H21N3O2S/c19-21(20,18-10-14-7-16-8-15(14)11-18)17-6-5-12-3-1-2-4-13(12)9-17/h1-4,14-16H,5-11H2/t14-,15+. The van der Waals surface area contributed by atoms with E-state index in [0.717, 1.165) is 25.1 Å². The lowest BCUT2D eigenvalue weighted by molar-refractivity contribution is 0.338. The van der Waals surface area contributed by atoms with Crippen LogP contribution in [0.4, 0.5) is 0 Å². The van der Waals surface area contributed by atoms with Gasteiger partial charge in [-0.2, -0.15) is 17.0 Å². The minimum Gasteiger partial charge on any atom is -0.316 e. The van der Waals surface area contributed by atoms with Crippen molar-refractivity contribution in [3.05, 3.63) is 35.4 Å². The predicted molar refractivity (Wildman–Crippen MR) is 80.9 cm³/mol. The van der Waals surface area contributed by atoms with Crippen LogP contribution in [0.3, 0.4) is 0 Å². The Morgan fingerprint density at radius 2 is 1.67 bits per heavy atom. The average Bonchev–Trinajstić information content (AvgIpc) is 3.08. The van der Waals surface area contributed by atoms with E-state index < -0.39 is 10.2 Å². The summed E-state index contributed by atoms with van der Waals surface area (Å²) in [6.07, 6.45) is 0.817. The van der Waals surface area contributed by atoms with Crippen molar-refractivity contribution in [1.29, 1.82) is 0 Å². The second-order valence-electron chi connectivity index (χ2n) is 6.36. The molecule has 1 aromatic rings. The highest BCUT2D eigenvalue weighted by molar-refractivity contribution is 7.86. The molecule has 0 aliphatic carbocycles. The van der Waals surface area contributed by atoms with Gasteiger partial charge >= 0.3 is 0 Å². The van der Waals surface area contributed by atoms with Gasteiger partial charge in [-0.3, -0.25) is 0 Å². The summed E-state index contributed by atoms with van der Waals surface area (Å²) in [6.45, 7) is 4.39. The number of fused-ring (bicyclic) bond motifs is 2. The van der Waals surface area contributed by atoms with E-state index in [1.165, 1.54) is 5.56 Å². The second-order valence-corrected chi connectivity index (χ2v) is 8.28. The smallest absolute Gasteiger partial charge is 0.282 e. The van der Waals surface area contributed by atoms with Crippen LogP contribution in [0, 0.1) is 11.8 Å². The lowest BCUT2D eigenvalue weighted by Gasteiger charge is -2.31. The second kappa shape index (κ2) is 5.05. The van der Waals surface area contributed by atoms with E-state index in [-0.39, 0.29) is 0 Å². The highest BCUT2D eigenvalue weighted by Crippen LogP contribution is 2.31. The van der Waals surface area contributed by atoms with Gasteiger partial charge in [-0.1, -0.05) is 24.3 Å². The molecule has 4 rings (SSSR count). The third-order valence-electron chi connectivity index (χ3n) is 5.10. The zero-order chi connectivity index (χ0) is 14.4. The third kappa shape index (κ3) is 2.30. The first-order valence-corrected chi connectivity index (χ1v) is 9.07. The van der Waals surface area contributed by atoms with Gasteiger partial charge in [0.2, 0.25) is 0 Å². The number of benzene rings is 1. The molecule has 3 heterocycles. The Balaban J connectivity index is 1.54. The Morgan fingerprint density at radius 3 is 2.38 bits per heavy atom. The molecule has 3 aliphatic rings. The van der Waals surface area contributed by atoms with E-state index >= 15 is 0 Å². The Morgan fingerprint density at radius 1 is 1.00 bits per heavy atom. The molecular formula is C15H21N3O2S. The summed E-state index contributed by atoms with van der Waals surface area (Å²) in [7, 11) is -3.31. The molecule has 1 N–H and O–H groups in total. The number of hydrogen-bond donors (Lipinski definition) is 1. The van der Waals surface area contributed by atoms with Crippen molar-refractivity contribution in [2.24, 2.45) is 11.8 Å². The highest BCUT2D eigenvalue weighted by atomic mass is 32.2. The molecule has 2 atom stereocenters. The molecule has 5 nitrogen and oxygen atoms in total. The molecule has 114 valence electrons. The fourth-order valence-corrected chi connectivity index (χ4v) is 5.54. The Labute approximate surface area is 126 Å². The molecule has 6 heteroatoms. The Bertz CT molecular complexity index is 634. The Hall–Kier alpha value is -0.950. The van der Waals surface area contributed by atoms with Crippen molar-refractivity contribution >= 4 is 10.2 Å². The van der Waals surface area contributed by atoms with E-state index in [0.29, 0.717) is 38.0 Å². The van der Waals surface area contributed by atoms with Crippen LogP contribution in [0.1, 0.15) is 11.1 Å². The van der Waals surface area contributed by atoms with Gasteiger partial charge in [-0.15, -0.1) is 0 Å². The number of hydrogen-bond acceptors (Lipinski definition) is 3. The van der Waals surface area contributed by atoms with Crippen LogP contribution in [0.2, 0.25) is 0 Å². The molecule has 0 aromatic heterocycles. The molecule has 0 radical (unpaired) electrons. The van der Waals surface area contributed by atoms with E-state index in [2.05, 4.69) is 11.4 Å². The van der Waals surface area contributed by atoms with E-state index in [1.54, 1.807) is 8.61 Å². The van der Waals surface area contributed by atoms with E-state index in [1.807, 2.05) is 18.2 Å². The largest absolute Gasteiger partial charge is 0.316 e. The average molecular weight is 307 g/mol. The van der Waals surface area contributed by atoms with Crippen molar-refractivity contribution in [3.8, 4) is 0 Å². The molecule has 1 aromatic carbocycles. The molecule has 0 unspecified atom stereocenters. The molecule has 2 fully saturated rings. The van der Waals surface area contributed by atoms with Crippen LogP contribution < -0.4 is 5.32 Å². The summed E-state index contributed by atoms with van der Waals surface area (Å²) in [5.74, 6) is 0.994. The van der Waals surface area contributed by atoms with Crippen LogP contribution in [0.25, 0.3) is 0 Å². The normalized spacial score (nSPS) is 30.3. The summed E-state index contributed by atoms with van der Waals surface area (Å²) in [4.78, 5) is 0. The first-order valence-electron chi connectivity index (χ1n) is 7.67. The van der Waals surface area contributed by atoms with Crippen molar-refractivity contribution in [1.82, 2.24) is 13.9 Å². The van der Waals surface area contributed by atoms with Gasteiger partial charge in [-0.05, 0) is 42.5 Å². The quantitative estimate of drug-likeness (QED) is 0.863. The first kappa shape index (κ1) is 13.7. The highest BCUT2D eigenvalue weighted by Gasteiger charge is 2.43. The summed E-state index contributed by atoms with van der Waals surface area (Å²) >= 11 is 0. The zero-order valence-electron chi connectivity index (χ0n) is 12.0. The SMILES string of the molecule is O=S(=O)(N1CCc2ccccc2C1)N1C[C@H]2CNC[C@H]2C1. The molecular weight excluding hydrogens is 286 g/mol. The first-order chi connectivity index (χ1) is 10.1. The van der Waals surface area contributed by atoms with Gasteiger partial charge in [0.15, 0.2) is 0 Å². The van der Waals surface area contributed by atoms with Gasteiger partial charge in [0.25, 0.3) is 10.2 Å². The van der Waals surface area contributed by atoms with Crippen LogP contribution in [-0.2, 0) is 23.2 Å². The monoisotopic (exact) mass is 307 g/mol. The minimum atomic E-state index is -3.31. The molecule has 3 aliphatic heterocycles. The van der Waals surface area contributed by atoms with Gasteiger partial charge in [-0.25, -0.2) is 0 Å². The molecule has 0 amide bonds. The van der Waals surface area contributed by atoms with Gasteiger partial charge < -0.3 is 5.32 Å². The molecule has 2 saturated heterocycles.